The summed E-state index contributed by atoms with van der Waals surface area (Å²) in [6.07, 6.45) is 1.46. The van der Waals surface area contributed by atoms with E-state index in [4.69, 9.17) is 4.74 Å². The first-order valence-electron chi connectivity index (χ1n) is 15.7. The van der Waals surface area contributed by atoms with E-state index in [0.29, 0.717) is 37.8 Å². The molecule has 5 rings (SSSR count). The van der Waals surface area contributed by atoms with Crippen molar-refractivity contribution in [1.82, 2.24) is 5.32 Å². The van der Waals surface area contributed by atoms with Gasteiger partial charge in [0.25, 0.3) is 11.8 Å². The zero-order chi connectivity index (χ0) is 35.6. The van der Waals surface area contributed by atoms with Crippen LogP contribution in [0.25, 0.3) is 17.2 Å². The number of nitrogens with one attached hydrogen (secondary N) is 3. The predicted octanol–water partition coefficient (Wildman–Crippen LogP) is 8.57. The van der Waals surface area contributed by atoms with Crippen molar-refractivity contribution in [2.24, 2.45) is 0 Å². The number of hydrogen-bond acceptors (Lipinski definition) is 7. The number of thioether (sulfide) groups is 1. The Balaban J connectivity index is 1.30. The summed E-state index contributed by atoms with van der Waals surface area (Å²) in [5.41, 5.74) is 4.16. The van der Waals surface area contributed by atoms with Gasteiger partial charge in [0.15, 0.2) is 0 Å². The Bertz CT molecular complexity index is 2030. The van der Waals surface area contributed by atoms with Crippen molar-refractivity contribution < 1.29 is 28.3 Å². The molecule has 0 aliphatic heterocycles. The first-order valence-corrected chi connectivity index (χ1v) is 17.5. The lowest BCUT2D eigenvalue weighted by molar-refractivity contribution is -0.115. The van der Waals surface area contributed by atoms with Crippen molar-refractivity contribution in [2.75, 3.05) is 17.2 Å². The molecule has 1 heterocycles. The summed E-state index contributed by atoms with van der Waals surface area (Å²) < 4.78 is 18.9. The number of aryl methyl sites for hydroxylation is 1. The average molecular weight is 708 g/mol. The van der Waals surface area contributed by atoms with Crippen LogP contribution in [0.15, 0.2) is 119 Å². The number of anilines is 2. The molecule has 0 aliphatic carbocycles. The summed E-state index contributed by atoms with van der Waals surface area (Å²) in [6, 6.07) is 28.7. The fourth-order valence-corrected chi connectivity index (χ4v) is 6.67. The van der Waals surface area contributed by atoms with E-state index in [1.165, 1.54) is 53.4 Å². The van der Waals surface area contributed by atoms with E-state index in [1.54, 1.807) is 68.4 Å². The van der Waals surface area contributed by atoms with E-state index in [-0.39, 0.29) is 18.2 Å². The minimum absolute atomic E-state index is 0.0466. The van der Waals surface area contributed by atoms with Crippen LogP contribution >= 0.6 is 23.1 Å². The summed E-state index contributed by atoms with van der Waals surface area (Å²) in [5.74, 6) is -2.35. The largest absolute Gasteiger partial charge is 0.462 e. The number of rotatable bonds is 12. The molecule has 5 aromatic rings. The Morgan fingerprint density at radius 1 is 0.900 bits per heavy atom. The van der Waals surface area contributed by atoms with Gasteiger partial charge in [-0.1, -0.05) is 66.2 Å². The monoisotopic (exact) mass is 707 g/mol. The summed E-state index contributed by atoms with van der Waals surface area (Å²) in [7, 11) is 0. The Morgan fingerprint density at radius 2 is 1.62 bits per heavy atom. The highest BCUT2D eigenvalue weighted by Gasteiger charge is 2.25. The topological polar surface area (TPSA) is 114 Å². The Kier molecular flexibility index (Phi) is 12.0. The SMILES string of the molecule is CCOC(=O)c1c(-c2ccc(C)cc2)csc1NC(=O)C(C)Sc1cccc(NC(=O)/C(=C/c2ccc(F)cc2)NC(=O)c2ccccc2)c1. The van der Waals surface area contributed by atoms with E-state index in [9.17, 15) is 23.6 Å². The number of carbonyl (C=O) groups is 4. The predicted molar refractivity (Wildman–Crippen MR) is 198 cm³/mol. The van der Waals surface area contributed by atoms with Gasteiger partial charge in [0.2, 0.25) is 5.91 Å². The van der Waals surface area contributed by atoms with Crippen LogP contribution in [0.4, 0.5) is 15.1 Å². The van der Waals surface area contributed by atoms with Crippen molar-refractivity contribution in [3.05, 3.63) is 142 Å². The lowest BCUT2D eigenvalue weighted by Gasteiger charge is -2.14. The maximum atomic E-state index is 13.5. The maximum absolute atomic E-state index is 13.5. The highest BCUT2D eigenvalue weighted by molar-refractivity contribution is 8.00. The molecule has 0 radical (unpaired) electrons. The zero-order valence-electron chi connectivity index (χ0n) is 27.5. The number of amides is 3. The molecular formula is C39H34FN3O5S2. The molecule has 4 aromatic carbocycles. The second-order valence-corrected chi connectivity index (χ2v) is 13.4. The molecule has 3 N–H and O–H groups in total. The minimum atomic E-state index is -0.597. The van der Waals surface area contributed by atoms with Crippen molar-refractivity contribution in [2.45, 2.75) is 30.9 Å². The molecule has 8 nitrogen and oxygen atoms in total. The van der Waals surface area contributed by atoms with Gasteiger partial charge in [0, 0.05) is 27.1 Å². The van der Waals surface area contributed by atoms with E-state index in [2.05, 4.69) is 16.0 Å². The smallest absolute Gasteiger partial charge is 0.341 e. The summed E-state index contributed by atoms with van der Waals surface area (Å²) in [5, 5.41) is 10.0. The number of esters is 1. The second kappa shape index (κ2) is 16.7. The zero-order valence-corrected chi connectivity index (χ0v) is 29.1. The molecule has 1 aromatic heterocycles. The highest BCUT2D eigenvalue weighted by Crippen LogP contribution is 2.37. The third kappa shape index (κ3) is 9.34. The third-order valence-corrected chi connectivity index (χ3v) is 9.34. The van der Waals surface area contributed by atoms with Crippen LogP contribution in [0.3, 0.4) is 0 Å². The first-order chi connectivity index (χ1) is 24.1. The van der Waals surface area contributed by atoms with Gasteiger partial charge < -0.3 is 20.7 Å². The van der Waals surface area contributed by atoms with Crippen molar-refractivity contribution in [3.63, 3.8) is 0 Å². The molecule has 11 heteroatoms. The van der Waals surface area contributed by atoms with Gasteiger partial charge >= 0.3 is 5.97 Å². The third-order valence-electron chi connectivity index (χ3n) is 7.35. The molecule has 0 aliphatic rings. The molecule has 3 amide bonds. The fourth-order valence-electron chi connectivity index (χ4n) is 4.79. The van der Waals surface area contributed by atoms with Gasteiger partial charge in [0.05, 0.1) is 11.9 Å². The van der Waals surface area contributed by atoms with E-state index in [0.717, 1.165) is 11.1 Å². The normalized spacial score (nSPS) is 11.7. The molecule has 50 heavy (non-hydrogen) atoms. The number of ether oxygens (including phenoxy) is 1. The van der Waals surface area contributed by atoms with Crippen LogP contribution in [-0.4, -0.2) is 35.5 Å². The van der Waals surface area contributed by atoms with Gasteiger partial charge in [0.1, 0.15) is 22.1 Å². The Hall–Kier alpha value is -5.52. The molecule has 0 fully saturated rings. The molecular weight excluding hydrogens is 674 g/mol. The molecule has 254 valence electrons. The summed E-state index contributed by atoms with van der Waals surface area (Å²) in [6.45, 7) is 5.64. The van der Waals surface area contributed by atoms with E-state index in [1.807, 2.05) is 36.6 Å². The van der Waals surface area contributed by atoms with Crippen molar-refractivity contribution >= 4 is 63.6 Å². The lowest BCUT2D eigenvalue weighted by atomic mass is 10.0. The van der Waals surface area contributed by atoms with Gasteiger partial charge in [-0.2, -0.15) is 0 Å². The standard InChI is InChI=1S/C39H34FN3O5S2/c1-4-48-39(47)34-32(27-17-13-24(2)14-18-27)23-49-38(34)43-35(44)25(3)50-31-12-8-11-30(22-31)41-37(46)33(21-26-15-19-29(40)20-16-26)42-36(45)28-9-6-5-7-10-28/h5-23,25H,4H2,1-3H3,(H,41,46)(H,42,45)(H,43,44)/b33-21-. The van der Waals surface area contributed by atoms with Crippen molar-refractivity contribution in [1.29, 1.82) is 0 Å². The minimum Gasteiger partial charge on any atom is -0.462 e. The van der Waals surface area contributed by atoms with Gasteiger partial charge in [-0.25, -0.2) is 9.18 Å². The number of carbonyl (C=O) groups excluding carboxylic acids is 4. The van der Waals surface area contributed by atoms with Crippen molar-refractivity contribution in [3.8, 4) is 11.1 Å². The molecule has 0 saturated carbocycles. The quantitative estimate of drug-likeness (QED) is 0.0681. The van der Waals surface area contributed by atoms with Crippen LogP contribution < -0.4 is 16.0 Å². The number of halogens is 1. The molecule has 0 spiro atoms. The maximum Gasteiger partial charge on any atom is 0.341 e. The molecule has 1 atom stereocenters. The molecule has 0 bridgehead atoms. The van der Waals surface area contributed by atoms with Gasteiger partial charge in [-0.15, -0.1) is 23.1 Å². The average Bonchev–Trinajstić information content (AvgIpc) is 3.53. The molecule has 1 unspecified atom stereocenters. The van der Waals surface area contributed by atoms with Gasteiger partial charge in [-0.3, -0.25) is 14.4 Å². The number of thiophene rings is 1. The second-order valence-electron chi connectivity index (χ2n) is 11.1. The first kappa shape index (κ1) is 35.8. The Labute approximate surface area is 297 Å². The van der Waals surface area contributed by atoms with Crippen LogP contribution in [0, 0.1) is 12.7 Å². The Morgan fingerprint density at radius 3 is 2.32 bits per heavy atom. The van der Waals surface area contributed by atoms with Crippen LogP contribution in [0.2, 0.25) is 0 Å². The van der Waals surface area contributed by atoms with E-state index >= 15 is 0 Å². The van der Waals surface area contributed by atoms with Crippen LogP contribution in [-0.2, 0) is 14.3 Å². The fraction of sp³-hybridized carbons (Fsp3) is 0.128. The number of hydrogen-bond donors (Lipinski definition) is 3. The van der Waals surface area contributed by atoms with Crippen LogP contribution in [0.1, 0.15) is 45.7 Å². The summed E-state index contributed by atoms with van der Waals surface area (Å²) in [4.78, 5) is 53.5. The van der Waals surface area contributed by atoms with Crippen LogP contribution in [0.5, 0.6) is 0 Å². The number of benzene rings is 4. The lowest BCUT2D eigenvalue weighted by Crippen LogP contribution is -2.30. The van der Waals surface area contributed by atoms with Gasteiger partial charge in [-0.05, 0) is 80.4 Å². The molecule has 0 saturated heterocycles. The highest BCUT2D eigenvalue weighted by atomic mass is 32.2. The van der Waals surface area contributed by atoms with E-state index < -0.39 is 28.9 Å². The summed E-state index contributed by atoms with van der Waals surface area (Å²) >= 11 is 2.52.